The number of carbonyl (C=O) groups excluding carboxylic acids is 1. The first kappa shape index (κ1) is 27.4. The summed E-state index contributed by atoms with van der Waals surface area (Å²) in [6.07, 6.45) is 0.882. The maximum absolute atomic E-state index is 13.6. The molecule has 0 spiro atoms. The summed E-state index contributed by atoms with van der Waals surface area (Å²) in [5, 5.41) is 7.01. The van der Waals surface area contributed by atoms with Crippen molar-refractivity contribution < 1.29 is 22.4 Å². The molecule has 2 aromatic heterocycles. The zero-order valence-electron chi connectivity index (χ0n) is 20.9. The third-order valence-corrected chi connectivity index (χ3v) is 7.48. The normalized spacial score (nSPS) is 16.8. The highest BCUT2D eigenvalue weighted by atomic mass is 35.5. The highest BCUT2D eigenvalue weighted by Crippen LogP contribution is 2.35. The van der Waals surface area contributed by atoms with Crippen LogP contribution in [-0.4, -0.2) is 48.1 Å². The Labute approximate surface area is 233 Å². The van der Waals surface area contributed by atoms with Crippen LogP contribution in [0.15, 0.2) is 40.9 Å². The third-order valence-electron chi connectivity index (χ3n) is 6.85. The van der Waals surface area contributed by atoms with Crippen LogP contribution in [0.1, 0.15) is 48.4 Å². The zero-order chi connectivity index (χ0) is 27.6. The second-order valence-corrected chi connectivity index (χ2v) is 10.4. The minimum Gasteiger partial charge on any atom is -0.417 e. The first-order chi connectivity index (χ1) is 18.7. The van der Waals surface area contributed by atoms with Gasteiger partial charge in [0.15, 0.2) is 5.69 Å². The summed E-state index contributed by atoms with van der Waals surface area (Å²) in [5.74, 6) is -1.19. The minimum atomic E-state index is -4.83. The Balaban J connectivity index is 1.21. The summed E-state index contributed by atoms with van der Waals surface area (Å²) < 4.78 is 46.2. The third kappa shape index (κ3) is 6.36. The maximum Gasteiger partial charge on any atom is 0.437 e. The number of oxazole rings is 1. The van der Waals surface area contributed by atoms with Crippen LogP contribution in [-0.2, 0) is 6.18 Å². The topological polar surface area (TPSA) is 86.5 Å². The Morgan fingerprint density at radius 3 is 2.28 bits per heavy atom. The molecule has 13 heteroatoms. The maximum atomic E-state index is 13.6. The molecular formula is C26H27Cl2F3N6O2. The van der Waals surface area contributed by atoms with Crippen LogP contribution in [0.5, 0.6) is 0 Å². The Morgan fingerprint density at radius 2 is 1.67 bits per heavy atom. The fourth-order valence-corrected chi connectivity index (χ4v) is 5.31. The predicted octanol–water partition coefficient (Wildman–Crippen LogP) is 6.72. The van der Waals surface area contributed by atoms with Gasteiger partial charge in [-0.05, 0) is 56.4 Å². The molecule has 1 amide bonds. The van der Waals surface area contributed by atoms with Gasteiger partial charge in [0.25, 0.3) is 11.9 Å². The second kappa shape index (κ2) is 11.5. The van der Waals surface area contributed by atoms with Crippen molar-refractivity contribution in [2.75, 3.05) is 46.6 Å². The van der Waals surface area contributed by atoms with Gasteiger partial charge in [-0.2, -0.15) is 18.2 Å². The van der Waals surface area contributed by atoms with E-state index < -0.39 is 23.5 Å². The summed E-state index contributed by atoms with van der Waals surface area (Å²) in [7, 11) is 0. The molecule has 2 N–H and O–H groups in total. The molecule has 2 aliphatic rings. The molecule has 0 bridgehead atoms. The lowest BCUT2D eigenvalue weighted by Gasteiger charge is -2.34. The lowest BCUT2D eigenvalue weighted by molar-refractivity contribution is -0.141. The molecule has 5 rings (SSSR count). The second-order valence-electron chi connectivity index (χ2n) is 9.58. The summed E-state index contributed by atoms with van der Waals surface area (Å²) in [6.45, 7) is 2.52. The number of piperidine rings is 2. The summed E-state index contributed by atoms with van der Waals surface area (Å²) in [6, 6.07) is 8.70. The van der Waals surface area contributed by atoms with Crippen LogP contribution in [0.3, 0.4) is 0 Å². The van der Waals surface area contributed by atoms with Gasteiger partial charge in [-0.25, -0.2) is 4.98 Å². The number of anilines is 4. The lowest BCUT2D eigenvalue weighted by atomic mass is 10.0. The molecule has 39 heavy (non-hydrogen) atoms. The standard InChI is InChI=1S/C26H27Cl2F3N6O2/c27-18-5-4-6-19(28)21(18)33-16-9-13-36(14-10-16)20-8-7-17(15-32-20)34-24(38)22-23(26(29,30)31)35-25(39-22)37-11-2-1-3-12-37/h4-8,15-16,33H,1-3,9-14H2,(H,34,38). The summed E-state index contributed by atoms with van der Waals surface area (Å²) in [5.41, 5.74) is -0.363. The largest absolute Gasteiger partial charge is 0.437 e. The molecule has 3 aromatic rings. The molecule has 2 fully saturated rings. The number of hydrogen-bond donors (Lipinski definition) is 2. The number of rotatable bonds is 6. The number of para-hydroxylation sites is 1. The fraction of sp³-hybridized carbons (Fsp3) is 0.423. The van der Waals surface area contributed by atoms with E-state index in [0.29, 0.717) is 29.0 Å². The Bertz CT molecular complexity index is 1280. The molecule has 1 aromatic carbocycles. The van der Waals surface area contributed by atoms with Gasteiger partial charge in [0.05, 0.1) is 27.6 Å². The van der Waals surface area contributed by atoms with Gasteiger partial charge in [0, 0.05) is 32.2 Å². The van der Waals surface area contributed by atoms with Crippen molar-refractivity contribution in [3.8, 4) is 0 Å². The molecule has 0 saturated carbocycles. The molecule has 2 saturated heterocycles. The Hall–Kier alpha value is -3.18. The Kier molecular flexibility index (Phi) is 8.08. The zero-order valence-corrected chi connectivity index (χ0v) is 22.4. The van der Waals surface area contributed by atoms with Crippen LogP contribution < -0.4 is 20.4 Å². The molecule has 0 radical (unpaired) electrons. The molecule has 4 heterocycles. The highest BCUT2D eigenvalue weighted by Gasteiger charge is 2.42. The number of nitrogens with zero attached hydrogens (tertiary/aromatic N) is 4. The van der Waals surface area contributed by atoms with Gasteiger partial charge in [-0.1, -0.05) is 29.3 Å². The number of nitrogens with one attached hydrogen (secondary N) is 2. The average molecular weight is 583 g/mol. The van der Waals surface area contributed by atoms with E-state index in [4.69, 9.17) is 27.6 Å². The summed E-state index contributed by atoms with van der Waals surface area (Å²) in [4.78, 5) is 24.5. The van der Waals surface area contributed by atoms with Crippen molar-refractivity contribution in [2.45, 2.75) is 44.3 Å². The number of alkyl halides is 3. The number of carbonyl (C=O) groups is 1. The van der Waals surface area contributed by atoms with Crippen LogP contribution in [0.25, 0.3) is 0 Å². The van der Waals surface area contributed by atoms with Gasteiger partial charge >= 0.3 is 6.18 Å². The number of halogens is 5. The van der Waals surface area contributed by atoms with Crippen molar-refractivity contribution in [3.05, 3.63) is 58.0 Å². The number of pyridine rings is 1. The van der Waals surface area contributed by atoms with E-state index in [2.05, 4.69) is 25.5 Å². The number of amides is 1. The molecule has 0 unspecified atom stereocenters. The quantitative estimate of drug-likeness (QED) is 0.333. The first-order valence-corrected chi connectivity index (χ1v) is 13.5. The van der Waals surface area contributed by atoms with E-state index in [0.717, 1.165) is 50.9 Å². The van der Waals surface area contributed by atoms with Crippen molar-refractivity contribution in [1.29, 1.82) is 0 Å². The number of hydrogen-bond acceptors (Lipinski definition) is 7. The van der Waals surface area contributed by atoms with E-state index in [1.807, 2.05) is 0 Å². The minimum absolute atomic E-state index is 0.185. The van der Waals surface area contributed by atoms with Gasteiger partial charge in [0.1, 0.15) is 5.82 Å². The molecule has 208 valence electrons. The van der Waals surface area contributed by atoms with Crippen molar-refractivity contribution >= 4 is 52.3 Å². The average Bonchev–Trinajstić information content (AvgIpc) is 3.39. The van der Waals surface area contributed by atoms with Gasteiger partial charge in [-0.15, -0.1) is 0 Å². The monoisotopic (exact) mass is 582 g/mol. The van der Waals surface area contributed by atoms with Crippen molar-refractivity contribution in [3.63, 3.8) is 0 Å². The van der Waals surface area contributed by atoms with Crippen molar-refractivity contribution in [2.24, 2.45) is 0 Å². The SMILES string of the molecule is O=C(Nc1ccc(N2CCC(Nc3c(Cl)cccc3Cl)CC2)nc1)c1oc(N2CCCCC2)nc1C(F)(F)F. The highest BCUT2D eigenvalue weighted by molar-refractivity contribution is 6.39. The number of benzene rings is 1. The molecule has 0 aliphatic carbocycles. The molecular weight excluding hydrogens is 556 g/mol. The smallest absolute Gasteiger partial charge is 0.417 e. The molecule has 8 nitrogen and oxygen atoms in total. The van der Waals surface area contributed by atoms with E-state index in [-0.39, 0.29) is 17.7 Å². The fourth-order valence-electron chi connectivity index (χ4n) is 4.80. The lowest BCUT2D eigenvalue weighted by Crippen LogP contribution is -2.39. The Morgan fingerprint density at radius 1 is 0.974 bits per heavy atom. The van der Waals surface area contributed by atoms with E-state index in [1.165, 1.54) is 6.20 Å². The summed E-state index contributed by atoms with van der Waals surface area (Å²) >= 11 is 12.5. The first-order valence-electron chi connectivity index (χ1n) is 12.7. The van der Waals surface area contributed by atoms with Crippen LogP contribution >= 0.6 is 23.2 Å². The van der Waals surface area contributed by atoms with Crippen LogP contribution in [0, 0.1) is 0 Å². The molecule has 0 atom stereocenters. The van der Waals surface area contributed by atoms with E-state index in [9.17, 15) is 18.0 Å². The van der Waals surface area contributed by atoms with Gasteiger partial charge in [0.2, 0.25) is 5.76 Å². The van der Waals surface area contributed by atoms with E-state index >= 15 is 0 Å². The van der Waals surface area contributed by atoms with Gasteiger partial charge in [-0.3, -0.25) is 4.79 Å². The predicted molar refractivity (Wildman–Crippen MR) is 145 cm³/mol. The number of aromatic nitrogens is 2. The van der Waals surface area contributed by atoms with E-state index in [1.54, 1.807) is 35.2 Å². The van der Waals surface area contributed by atoms with Crippen LogP contribution in [0.2, 0.25) is 10.0 Å². The van der Waals surface area contributed by atoms with Crippen molar-refractivity contribution in [1.82, 2.24) is 9.97 Å². The van der Waals surface area contributed by atoms with Gasteiger partial charge < -0.3 is 24.9 Å². The molecule has 2 aliphatic heterocycles. The van der Waals surface area contributed by atoms with Crippen LogP contribution in [0.4, 0.5) is 36.4 Å².